The molecule has 0 bridgehead atoms. The van der Waals surface area contributed by atoms with Crippen molar-refractivity contribution in [3.63, 3.8) is 0 Å². The molecule has 0 spiro atoms. The molecule has 0 aliphatic carbocycles. The Morgan fingerprint density at radius 3 is 2.00 bits per heavy atom. The van der Waals surface area contributed by atoms with E-state index < -0.39 is 0 Å². The van der Waals surface area contributed by atoms with Crippen molar-refractivity contribution in [1.29, 1.82) is 0 Å². The molecule has 0 heterocycles. The van der Waals surface area contributed by atoms with E-state index in [4.69, 9.17) is 4.99 Å². The normalized spacial score (nSPS) is 15.1. The lowest BCUT2D eigenvalue weighted by atomic mass is 9.93. The third-order valence-corrected chi connectivity index (χ3v) is 9.90. The van der Waals surface area contributed by atoms with Crippen molar-refractivity contribution in [2.24, 2.45) is 10.9 Å². The molecule has 294 valence electrons. The van der Waals surface area contributed by atoms with Crippen molar-refractivity contribution >= 4 is 16.9 Å². The summed E-state index contributed by atoms with van der Waals surface area (Å²) in [5, 5.41) is 0. The topological polar surface area (TPSA) is 12.4 Å². The summed E-state index contributed by atoms with van der Waals surface area (Å²) in [7, 11) is 0. The SMILES string of the molecule is C=C/C(C)=C(\C=C/C)C/C=C(\C=C/C(C)C/C(C)=C/C=C\C=C(C)\C(\C=C/C)=C(/C)C=C)c1cccc(/C(=C/C(=NCc2ccccc2)c2ccccc2)CC)c1. The number of nitrogens with zero attached hydrogens (tertiary/aromatic N) is 1. The fourth-order valence-corrected chi connectivity index (χ4v) is 6.51. The molecule has 0 fully saturated rings. The summed E-state index contributed by atoms with van der Waals surface area (Å²) < 4.78 is 0. The van der Waals surface area contributed by atoms with Crippen LogP contribution in [-0.4, -0.2) is 5.71 Å². The van der Waals surface area contributed by atoms with E-state index in [2.05, 4.69) is 213 Å². The van der Waals surface area contributed by atoms with Crippen LogP contribution in [0, 0.1) is 5.92 Å². The lowest BCUT2D eigenvalue weighted by Crippen LogP contribution is -2.00. The van der Waals surface area contributed by atoms with Crippen LogP contribution in [0.25, 0.3) is 11.1 Å². The minimum absolute atomic E-state index is 0.360. The zero-order valence-corrected chi connectivity index (χ0v) is 35.9. The molecule has 0 saturated carbocycles. The zero-order chi connectivity index (χ0) is 41.4. The van der Waals surface area contributed by atoms with E-state index in [1.54, 1.807) is 0 Å². The van der Waals surface area contributed by atoms with Crippen LogP contribution < -0.4 is 0 Å². The highest BCUT2D eigenvalue weighted by atomic mass is 14.7. The number of hydrogen-bond donors (Lipinski definition) is 0. The molecule has 3 aromatic rings. The summed E-state index contributed by atoms with van der Waals surface area (Å²) in [6.07, 6.45) is 33.1. The van der Waals surface area contributed by atoms with Gasteiger partial charge in [0.15, 0.2) is 0 Å². The van der Waals surface area contributed by atoms with Gasteiger partial charge in [0.05, 0.1) is 12.3 Å². The van der Waals surface area contributed by atoms with Crippen molar-refractivity contribution in [1.82, 2.24) is 0 Å². The average Bonchev–Trinajstić information content (AvgIpc) is 3.24. The van der Waals surface area contributed by atoms with Gasteiger partial charge >= 0.3 is 0 Å². The van der Waals surface area contributed by atoms with Crippen LogP contribution in [0.15, 0.2) is 222 Å². The minimum Gasteiger partial charge on any atom is -0.280 e. The first-order valence-electron chi connectivity index (χ1n) is 20.4. The molecular weight excluding hydrogens is 687 g/mol. The summed E-state index contributed by atoms with van der Waals surface area (Å²) in [5.41, 5.74) is 15.6. The van der Waals surface area contributed by atoms with E-state index in [0.717, 1.165) is 30.5 Å². The largest absolute Gasteiger partial charge is 0.280 e. The van der Waals surface area contributed by atoms with Gasteiger partial charge in [0, 0.05) is 0 Å². The van der Waals surface area contributed by atoms with Gasteiger partial charge in [-0.2, -0.15) is 0 Å². The molecule has 3 rings (SSSR count). The zero-order valence-electron chi connectivity index (χ0n) is 35.9. The van der Waals surface area contributed by atoms with E-state index in [9.17, 15) is 0 Å². The Bertz CT molecular complexity index is 2110. The van der Waals surface area contributed by atoms with Gasteiger partial charge in [-0.1, -0.05) is 190 Å². The minimum atomic E-state index is 0.360. The second-order valence-electron chi connectivity index (χ2n) is 14.5. The number of allylic oxidation sites excluding steroid dienone is 22. The lowest BCUT2D eigenvalue weighted by Gasteiger charge is -2.12. The van der Waals surface area contributed by atoms with Crippen molar-refractivity contribution in [2.45, 2.75) is 81.2 Å². The Labute approximate surface area is 346 Å². The standard InChI is InChI=1S/C56H65N/c1-11-25-50(45(8)13-3)37-38-51(36-35-44(7)39-43(6)27-22-23-28-47(10)55(26-12-2)46(9)14-4)54-34-24-33-53(40-54)49(15-5)41-56(52-31-20-17-21-32-52)57-42-48-29-18-16-19-30-48/h11-14,16-36,38,40-41,44H,3-4,15,37,39,42H2,1-2,5-10H3/b23-22-,25-11-,26-12-,36-35-,43-27+,47-28+,49-41+,50-45+,51-38+,55-46+,57-56?. The molecular formula is C56H65N. The van der Waals surface area contributed by atoms with Crippen molar-refractivity contribution < 1.29 is 0 Å². The van der Waals surface area contributed by atoms with Crippen molar-refractivity contribution in [2.75, 3.05) is 0 Å². The van der Waals surface area contributed by atoms with E-state index in [-0.39, 0.29) is 0 Å². The van der Waals surface area contributed by atoms with E-state index in [0.29, 0.717) is 12.5 Å². The van der Waals surface area contributed by atoms with Crippen molar-refractivity contribution in [3.8, 4) is 0 Å². The van der Waals surface area contributed by atoms with E-state index in [1.165, 1.54) is 61.3 Å². The summed E-state index contributed by atoms with van der Waals surface area (Å²) >= 11 is 0. The van der Waals surface area contributed by atoms with Crippen LogP contribution in [0.3, 0.4) is 0 Å². The summed E-state index contributed by atoms with van der Waals surface area (Å²) in [6, 6.07) is 30.0. The molecule has 0 aromatic heterocycles. The van der Waals surface area contributed by atoms with Gasteiger partial charge in [-0.25, -0.2) is 0 Å². The highest BCUT2D eigenvalue weighted by Crippen LogP contribution is 2.27. The van der Waals surface area contributed by atoms with Crippen LogP contribution in [0.5, 0.6) is 0 Å². The Morgan fingerprint density at radius 2 is 1.35 bits per heavy atom. The molecule has 1 heteroatoms. The van der Waals surface area contributed by atoms with Gasteiger partial charge in [0.1, 0.15) is 0 Å². The van der Waals surface area contributed by atoms with Crippen LogP contribution in [0.1, 0.15) is 96.9 Å². The Balaban J connectivity index is 1.98. The molecule has 0 aliphatic rings. The van der Waals surface area contributed by atoms with Crippen LogP contribution in [0.2, 0.25) is 0 Å². The summed E-state index contributed by atoms with van der Waals surface area (Å²) in [6.45, 7) is 25.9. The molecule has 3 aromatic carbocycles. The molecule has 0 amide bonds. The fourth-order valence-electron chi connectivity index (χ4n) is 6.51. The van der Waals surface area contributed by atoms with Gasteiger partial charge in [-0.05, 0) is 140 Å². The van der Waals surface area contributed by atoms with Crippen LogP contribution >= 0.6 is 0 Å². The molecule has 0 N–H and O–H groups in total. The van der Waals surface area contributed by atoms with Gasteiger partial charge in [-0.3, -0.25) is 4.99 Å². The van der Waals surface area contributed by atoms with Gasteiger partial charge in [0.25, 0.3) is 0 Å². The molecule has 0 saturated heterocycles. The highest BCUT2D eigenvalue weighted by molar-refractivity contribution is 6.12. The van der Waals surface area contributed by atoms with E-state index in [1.807, 2.05) is 25.1 Å². The second kappa shape index (κ2) is 25.4. The molecule has 0 aliphatic heterocycles. The molecule has 0 radical (unpaired) electrons. The first-order chi connectivity index (χ1) is 27.6. The van der Waals surface area contributed by atoms with Crippen molar-refractivity contribution in [3.05, 3.63) is 239 Å². The molecule has 1 unspecified atom stereocenters. The van der Waals surface area contributed by atoms with Crippen LogP contribution in [0.4, 0.5) is 0 Å². The highest BCUT2D eigenvalue weighted by Gasteiger charge is 2.09. The molecule has 1 nitrogen and oxygen atoms in total. The van der Waals surface area contributed by atoms with Gasteiger partial charge < -0.3 is 0 Å². The average molecular weight is 752 g/mol. The van der Waals surface area contributed by atoms with Gasteiger partial charge in [0.2, 0.25) is 0 Å². The Kier molecular flexibility index (Phi) is 20.3. The monoisotopic (exact) mass is 752 g/mol. The number of rotatable bonds is 20. The first-order valence-corrected chi connectivity index (χ1v) is 20.4. The maximum atomic E-state index is 5.13. The van der Waals surface area contributed by atoms with Gasteiger partial charge in [-0.15, -0.1) is 0 Å². The lowest BCUT2D eigenvalue weighted by molar-refractivity contribution is 0.717. The van der Waals surface area contributed by atoms with E-state index >= 15 is 0 Å². The quantitative estimate of drug-likeness (QED) is 0.0805. The predicted molar refractivity (Wildman–Crippen MR) is 255 cm³/mol. The summed E-state index contributed by atoms with van der Waals surface area (Å²) in [4.78, 5) is 5.13. The van der Waals surface area contributed by atoms with Crippen LogP contribution in [-0.2, 0) is 6.54 Å². The predicted octanol–water partition coefficient (Wildman–Crippen LogP) is 16.1. The maximum absolute atomic E-state index is 5.13. The smallest absolute Gasteiger partial charge is 0.0653 e. The fraction of sp³-hybridized carbons (Fsp3) is 0.232. The third-order valence-electron chi connectivity index (χ3n) is 9.90. The number of benzene rings is 3. The number of hydrogen-bond acceptors (Lipinski definition) is 1. The second-order valence-corrected chi connectivity index (χ2v) is 14.5. The first kappa shape index (κ1) is 45.6. The summed E-state index contributed by atoms with van der Waals surface area (Å²) in [5.74, 6) is 0.360. The third kappa shape index (κ3) is 15.7. The number of aliphatic imine (C=N–C) groups is 1. The Morgan fingerprint density at radius 1 is 0.719 bits per heavy atom. The molecule has 57 heavy (non-hydrogen) atoms. The maximum Gasteiger partial charge on any atom is 0.0653 e. The Hall–Kier alpha value is -5.79. The molecule has 1 atom stereocenters.